The smallest absolute Gasteiger partial charge is 0.338 e. The lowest BCUT2D eigenvalue weighted by Crippen LogP contribution is -2.29. The molecule has 0 bridgehead atoms. The highest BCUT2D eigenvalue weighted by Crippen LogP contribution is 2.29. The van der Waals surface area contributed by atoms with Crippen LogP contribution in [0.25, 0.3) is 0 Å². The number of aromatic nitrogens is 1. The Morgan fingerprint density at radius 1 is 1.03 bits per heavy atom. The lowest BCUT2D eigenvalue weighted by Gasteiger charge is -2.09. The van der Waals surface area contributed by atoms with Gasteiger partial charge in [-0.2, -0.15) is 0 Å². The molecule has 4 rings (SSSR count). The van der Waals surface area contributed by atoms with Gasteiger partial charge in [-0.15, -0.1) is 0 Å². The molecule has 2 aromatic carbocycles. The van der Waals surface area contributed by atoms with E-state index in [4.69, 9.17) is 9.26 Å². The van der Waals surface area contributed by atoms with Gasteiger partial charge < -0.3 is 14.6 Å². The van der Waals surface area contributed by atoms with Crippen LogP contribution in [-0.2, 0) is 9.53 Å². The van der Waals surface area contributed by atoms with Crippen LogP contribution in [0.3, 0.4) is 0 Å². The number of hydrogen-bond acceptors (Lipinski definition) is 7. The summed E-state index contributed by atoms with van der Waals surface area (Å²) in [5, 5.41) is 6.36. The Morgan fingerprint density at radius 3 is 2.48 bits per heavy atom. The van der Waals surface area contributed by atoms with Gasteiger partial charge >= 0.3 is 5.97 Å². The Kier molecular flexibility index (Phi) is 5.08. The summed E-state index contributed by atoms with van der Waals surface area (Å²) in [6.07, 6.45) is 0. The summed E-state index contributed by atoms with van der Waals surface area (Å²) in [4.78, 5) is 50.6. The van der Waals surface area contributed by atoms with Crippen LogP contribution in [0.2, 0.25) is 0 Å². The average molecular weight is 419 g/mol. The first-order valence-electron chi connectivity index (χ1n) is 9.34. The molecule has 9 heteroatoms. The zero-order valence-corrected chi connectivity index (χ0v) is 16.7. The Morgan fingerprint density at radius 2 is 1.77 bits per heavy atom. The molecule has 3 aromatic rings. The molecule has 0 aliphatic carbocycles. The van der Waals surface area contributed by atoms with Crippen LogP contribution in [0.1, 0.15) is 42.4 Å². The molecule has 1 aliphatic heterocycles. The first-order valence-corrected chi connectivity index (χ1v) is 9.34. The number of ether oxygens (including phenoxy) is 1. The minimum absolute atomic E-state index is 0.0433. The van der Waals surface area contributed by atoms with E-state index in [1.807, 2.05) is 19.1 Å². The van der Waals surface area contributed by atoms with E-state index in [0.29, 0.717) is 11.4 Å². The van der Waals surface area contributed by atoms with Crippen molar-refractivity contribution in [2.45, 2.75) is 13.8 Å². The third-order valence-electron chi connectivity index (χ3n) is 4.72. The maximum absolute atomic E-state index is 12.7. The van der Waals surface area contributed by atoms with Crippen molar-refractivity contribution in [2.75, 3.05) is 16.8 Å². The van der Waals surface area contributed by atoms with Gasteiger partial charge in [0, 0.05) is 11.8 Å². The van der Waals surface area contributed by atoms with Crippen LogP contribution in [-0.4, -0.2) is 35.5 Å². The summed E-state index contributed by atoms with van der Waals surface area (Å²) in [6.45, 7) is 2.98. The van der Waals surface area contributed by atoms with E-state index in [1.54, 1.807) is 19.1 Å². The predicted molar refractivity (Wildman–Crippen MR) is 109 cm³/mol. The first-order chi connectivity index (χ1) is 14.8. The topological polar surface area (TPSA) is 119 Å². The molecule has 0 atom stereocenters. The Bertz CT molecular complexity index is 1230. The Labute approximate surface area is 176 Å². The van der Waals surface area contributed by atoms with Gasteiger partial charge in [-0.05, 0) is 43.7 Å². The van der Waals surface area contributed by atoms with E-state index < -0.39 is 30.3 Å². The van der Waals surface area contributed by atoms with E-state index in [0.717, 1.165) is 10.5 Å². The fourth-order valence-electron chi connectivity index (χ4n) is 3.15. The second-order valence-corrected chi connectivity index (χ2v) is 6.94. The van der Waals surface area contributed by atoms with Gasteiger partial charge in [-0.25, -0.2) is 9.69 Å². The van der Waals surface area contributed by atoms with Crippen molar-refractivity contribution < 1.29 is 28.4 Å². The first kappa shape index (κ1) is 20.0. The molecule has 1 aromatic heterocycles. The number of esters is 1. The van der Waals surface area contributed by atoms with Gasteiger partial charge in [0.2, 0.25) is 0 Å². The molecule has 3 amide bonds. The molecule has 156 valence electrons. The van der Waals surface area contributed by atoms with Crippen LogP contribution in [0.4, 0.5) is 11.5 Å². The number of carbonyl (C=O) groups is 4. The zero-order chi connectivity index (χ0) is 22.1. The molecule has 31 heavy (non-hydrogen) atoms. The van der Waals surface area contributed by atoms with E-state index in [9.17, 15) is 19.2 Å². The van der Waals surface area contributed by atoms with Gasteiger partial charge in [-0.1, -0.05) is 23.4 Å². The summed E-state index contributed by atoms with van der Waals surface area (Å²) in [5.41, 5.74) is 1.72. The van der Waals surface area contributed by atoms with E-state index in [2.05, 4.69) is 10.5 Å². The number of rotatable bonds is 5. The van der Waals surface area contributed by atoms with E-state index in [-0.39, 0.29) is 22.5 Å². The number of nitrogens with zero attached hydrogens (tertiary/aromatic N) is 2. The molecule has 0 radical (unpaired) electrons. The van der Waals surface area contributed by atoms with Crippen molar-refractivity contribution in [3.05, 3.63) is 76.5 Å². The molecular formula is C22H17N3O6. The van der Waals surface area contributed by atoms with E-state index >= 15 is 0 Å². The predicted octanol–water partition coefficient (Wildman–Crippen LogP) is 2.89. The fourth-order valence-corrected chi connectivity index (χ4v) is 3.15. The highest BCUT2D eigenvalue weighted by Gasteiger charge is 2.38. The zero-order valence-electron chi connectivity index (χ0n) is 16.7. The number of amides is 3. The number of nitrogens with one attached hydrogen (secondary N) is 1. The highest BCUT2D eigenvalue weighted by atomic mass is 16.5. The maximum Gasteiger partial charge on any atom is 0.338 e. The summed E-state index contributed by atoms with van der Waals surface area (Å²) in [6, 6.07) is 12.7. The summed E-state index contributed by atoms with van der Waals surface area (Å²) in [5.74, 6) is -1.96. The van der Waals surface area contributed by atoms with Crippen molar-refractivity contribution in [3.63, 3.8) is 0 Å². The second kappa shape index (κ2) is 7.86. The van der Waals surface area contributed by atoms with Gasteiger partial charge in [0.05, 0.1) is 16.7 Å². The number of aryl methyl sites for hydroxylation is 2. The molecule has 0 saturated heterocycles. The van der Waals surface area contributed by atoms with Crippen LogP contribution in [0.5, 0.6) is 0 Å². The number of hydrogen-bond donors (Lipinski definition) is 1. The highest BCUT2D eigenvalue weighted by molar-refractivity contribution is 6.34. The van der Waals surface area contributed by atoms with Crippen LogP contribution in [0.15, 0.2) is 53.1 Å². The lowest BCUT2D eigenvalue weighted by atomic mass is 10.1. The molecule has 1 aliphatic rings. The Hall–Kier alpha value is -4.27. The van der Waals surface area contributed by atoms with Gasteiger partial charge in [0.25, 0.3) is 17.7 Å². The summed E-state index contributed by atoms with van der Waals surface area (Å²) in [7, 11) is 0. The number of anilines is 2. The van der Waals surface area contributed by atoms with Crippen molar-refractivity contribution in [1.29, 1.82) is 0 Å². The molecule has 0 spiro atoms. The number of benzene rings is 2. The number of imide groups is 1. The van der Waals surface area contributed by atoms with Gasteiger partial charge in [0.15, 0.2) is 12.4 Å². The minimum atomic E-state index is -0.793. The Balaban J connectivity index is 1.45. The average Bonchev–Trinajstić information content (AvgIpc) is 3.28. The van der Waals surface area contributed by atoms with E-state index in [1.165, 1.54) is 24.3 Å². The second-order valence-electron chi connectivity index (χ2n) is 6.94. The maximum atomic E-state index is 12.7. The van der Waals surface area contributed by atoms with Crippen molar-refractivity contribution in [3.8, 4) is 0 Å². The van der Waals surface area contributed by atoms with Gasteiger partial charge in [0.1, 0.15) is 5.76 Å². The summed E-state index contributed by atoms with van der Waals surface area (Å²) < 4.78 is 9.98. The minimum Gasteiger partial charge on any atom is -0.452 e. The molecule has 0 fully saturated rings. The summed E-state index contributed by atoms with van der Waals surface area (Å²) >= 11 is 0. The van der Waals surface area contributed by atoms with Crippen molar-refractivity contribution in [2.24, 2.45) is 0 Å². The monoisotopic (exact) mass is 419 g/mol. The number of carbonyl (C=O) groups excluding carboxylic acids is 4. The molecule has 9 nitrogen and oxygen atoms in total. The van der Waals surface area contributed by atoms with Crippen molar-refractivity contribution in [1.82, 2.24) is 5.16 Å². The number of para-hydroxylation sites is 1. The van der Waals surface area contributed by atoms with Crippen LogP contribution >= 0.6 is 0 Å². The van der Waals surface area contributed by atoms with Crippen molar-refractivity contribution >= 4 is 35.2 Å². The molecule has 1 N–H and O–H groups in total. The largest absolute Gasteiger partial charge is 0.452 e. The quantitative estimate of drug-likeness (QED) is 0.499. The lowest BCUT2D eigenvalue weighted by molar-refractivity contribution is -0.119. The standard InChI is InChI=1S/C22H17N3O6/c1-12-5-3-4-6-17(12)23-19(26)11-30-22(29)14-7-8-15-16(10-14)21(28)25(20(15)27)18-9-13(2)31-24-18/h3-10H,11H2,1-2H3,(H,23,26). The third-order valence-corrected chi connectivity index (χ3v) is 4.72. The third kappa shape index (κ3) is 3.80. The molecule has 0 unspecified atom stereocenters. The van der Waals surface area contributed by atoms with Crippen LogP contribution < -0.4 is 10.2 Å². The number of fused-ring (bicyclic) bond motifs is 1. The van der Waals surface area contributed by atoms with Gasteiger partial charge in [-0.3, -0.25) is 14.4 Å². The molecule has 2 heterocycles. The molecule has 0 saturated carbocycles. The van der Waals surface area contributed by atoms with Crippen LogP contribution in [0, 0.1) is 13.8 Å². The SMILES string of the molecule is Cc1cc(N2C(=O)c3ccc(C(=O)OCC(=O)Nc4ccccc4C)cc3C2=O)no1. The fraction of sp³-hybridized carbons (Fsp3) is 0.136. The normalized spacial score (nSPS) is 12.6. The molecular weight excluding hydrogens is 402 g/mol.